The predicted octanol–water partition coefficient (Wildman–Crippen LogP) is 2.43. The van der Waals surface area contributed by atoms with Crippen LogP contribution in [-0.4, -0.2) is 45.9 Å². The van der Waals surface area contributed by atoms with Gasteiger partial charge in [0.1, 0.15) is 17.4 Å². The van der Waals surface area contributed by atoms with Gasteiger partial charge in [0.05, 0.1) is 36.8 Å². The number of hydrogen-bond acceptors (Lipinski definition) is 6. The molecule has 1 amide bonds. The van der Waals surface area contributed by atoms with Gasteiger partial charge in [0.25, 0.3) is 5.91 Å². The summed E-state index contributed by atoms with van der Waals surface area (Å²) < 4.78 is 6.95. The summed E-state index contributed by atoms with van der Waals surface area (Å²) in [7, 11) is 1.59. The van der Waals surface area contributed by atoms with Crippen LogP contribution in [0.5, 0.6) is 5.75 Å². The smallest absolute Gasteiger partial charge is 0.263 e. The van der Waals surface area contributed by atoms with Gasteiger partial charge in [-0.05, 0) is 31.0 Å². The monoisotopic (exact) mass is 376 g/mol. The molecular formula is C20H20N6O2. The highest BCUT2D eigenvalue weighted by atomic mass is 16.5. The van der Waals surface area contributed by atoms with Crippen molar-refractivity contribution in [2.75, 3.05) is 30.0 Å². The van der Waals surface area contributed by atoms with Crippen LogP contribution in [0.25, 0.3) is 5.69 Å². The van der Waals surface area contributed by atoms with Crippen LogP contribution in [0.4, 0.5) is 11.6 Å². The predicted molar refractivity (Wildman–Crippen MR) is 104 cm³/mol. The van der Waals surface area contributed by atoms with Crippen LogP contribution in [0.3, 0.4) is 0 Å². The normalized spacial score (nSPS) is 16.0. The molecular weight excluding hydrogens is 356 g/mol. The fourth-order valence-electron chi connectivity index (χ4n) is 3.71. The average Bonchev–Trinajstić information content (AvgIpc) is 3.46. The van der Waals surface area contributed by atoms with E-state index in [0.29, 0.717) is 23.7 Å². The maximum atomic E-state index is 12.8. The number of fused-ring (bicyclic) bond motifs is 1. The van der Waals surface area contributed by atoms with Crippen LogP contribution in [0.1, 0.15) is 28.9 Å². The van der Waals surface area contributed by atoms with E-state index in [2.05, 4.69) is 20.0 Å². The third-order valence-corrected chi connectivity index (χ3v) is 5.23. The third kappa shape index (κ3) is 2.77. The molecule has 0 unspecified atom stereocenters. The highest BCUT2D eigenvalue weighted by Crippen LogP contribution is 2.29. The number of methoxy groups -OCH3 is 1. The lowest BCUT2D eigenvalue weighted by Crippen LogP contribution is -2.24. The molecule has 0 aliphatic carbocycles. The summed E-state index contributed by atoms with van der Waals surface area (Å²) in [5, 5.41) is 4.60. The van der Waals surface area contributed by atoms with Crippen molar-refractivity contribution in [3.63, 3.8) is 0 Å². The van der Waals surface area contributed by atoms with Crippen LogP contribution in [-0.2, 0) is 6.54 Å². The first-order valence-corrected chi connectivity index (χ1v) is 9.35. The van der Waals surface area contributed by atoms with Crippen molar-refractivity contribution in [2.45, 2.75) is 19.4 Å². The first-order chi connectivity index (χ1) is 13.7. The van der Waals surface area contributed by atoms with E-state index in [0.717, 1.165) is 30.3 Å². The van der Waals surface area contributed by atoms with Gasteiger partial charge in [-0.15, -0.1) is 0 Å². The molecule has 142 valence electrons. The van der Waals surface area contributed by atoms with Crippen LogP contribution in [0.2, 0.25) is 0 Å². The van der Waals surface area contributed by atoms with Crippen molar-refractivity contribution in [1.29, 1.82) is 0 Å². The standard InChI is InChI=1S/C20H20N6O2/c1-28-15-6-7-21-19(10-15)25-13-17-16(20(25)27)12-26(23-17)14-4-5-18(22-11-14)24-8-2-3-9-24/h4-7,10-12H,2-3,8-9,13H2,1H3. The summed E-state index contributed by atoms with van der Waals surface area (Å²) in [5.74, 6) is 2.11. The van der Waals surface area contributed by atoms with Crippen molar-refractivity contribution in [2.24, 2.45) is 0 Å². The summed E-state index contributed by atoms with van der Waals surface area (Å²) in [6, 6.07) is 7.51. The second kappa shape index (κ2) is 6.63. The lowest BCUT2D eigenvalue weighted by atomic mass is 10.3. The second-order valence-corrected chi connectivity index (χ2v) is 6.95. The topological polar surface area (TPSA) is 76.4 Å². The fourth-order valence-corrected chi connectivity index (χ4v) is 3.71. The van der Waals surface area contributed by atoms with E-state index >= 15 is 0 Å². The number of ether oxygens (including phenoxy) is 1. The number of rotatable bonds is 4. The third-order valence-electron chi connectivity index (χ3n) is 5.23. The van der Waals surface area contributed by atoms with Crippen LogP contribution in [0.15, 0.2) is 42.9 Å². The van der Waals surface area contributed by atoms with Gasteiger partial charge in [-0.2, -0.15) is 5.10 Å². The number of nitrogens with zero attached hydrogens (tertiary/aromatic N) is 6. The molecule has 5 rings (SSSR count). The Kier molecular flexibility index (Phi) is 3.96. The molecule has 0 aromatic carbocycles. The molecule has 3 aromatic heterocycles. The first-order valence-electron chi connectivity index (χ1n) is 9.35. The van der Waals surface area contributed by atoms with Gasteiger partial charge >= 0.3 is 0 Å². The van der Waals surface area contributed by atoms with Gasteiger partial charge in [0.15, 0.2) is 0 Å². The molecule has 0 spiro atoms. The minimum Gasteiger partial charge on any atom is -0.497 e. The first kappa shape index (κ1) is 16.7. The molecule has 8 heteroatoms. The van der Waals surface area contributed by atoms with E-state index in [9.17, 15) is 4.79 Å². The number of aromatic nitrogens is 4. The molecule has 0 saturated carbocycles. The molecule has 1 fully saturated rings. The summed E-state index contributed by atoms with van der Waals surface area (Å²) in [6.07, 6.45) is 7.64. The summed E-state index contributed by atoms with van der Waals surface area (Å²) >= 11 is 0. The lowest BCUT2D eigenvalue weighted by Gasteiger charge is -2.16. The highest BCUT2D eigenvalue weighted by Gasteiger charge is 2.33. The molecule has 0 N–H and O–H groups in total. The largest absolute Gasteiger partial charge is 0.497 e. The maximum Gasteiger partial charge on any atom is 0.263 e. The molecule has 3 aromatic rings. The molecule has 8 nitrogen and oxygen atoms in total. The van der Waals surface area contributed by atoms with E-state index in [4.69, 9.17) is 4.74 Å². The van der Waals surface area contributed by atoms with Crippen molar-refractivity contribution < 1.29 is 9.53 Å². The van der Waals surface area contributed by atoms with E-state index < -0.39 is 0 Å². The van der Waals surface area contributed by atoms with Crippen LogP contribution < -0.4 is 14.5 Å². The zero-order chi connectivity index (χ0) is 19.1. The number of pyridine rings is 2. The average molecular weight is 376 g/mol. The Morgan fingerprint density at radius 3 is 2.64 bits per heavy atom. The van der Waals surface area contributed by atoms with Crippen molar-refractivity contribution in [1.82, 2.24) is 19.7 Å². The number of amides is 1. The van der Waals surface area contributed by atoms with Crippen molar-refractivity contribution in [3.05, 3.63) is 54.1 Å². The van der Waals surface area contributed by atoms with E-state index in [1.165, 1.54) is 12.8 Å². The quantitative estimate of drug-likeness (QED) is 0.696. The minimum absolute atomic E-state index is 0.108. The van der Waals surface area contributed by atoms with Gasteiger partial charge in [0, 0.05) is 31.5 Å². The fraction of sp³-hybridized carbons (Fsp3) is 0.300. The Morgan fingerprint density at radius 1 is 1.07 bits per heavy atom. The highest BCUT2D eigenvalue weighted by molar-refractivity contribution is 6.09. The van der Waals surface area contributed by atoms with Crippen LogP contribution in [0, 0.1) is 0 Å². The number of anilines is 2. The Morgan fingerprint density at radius 2 is 1.93 bits per heavy atom. The van der Waals surface area contributed by atoms with Gasteiger partial charge < -0.3 is 9.64 Å². The van der Waals surface area contributed by atoms with E-state index in [1.54, 1.807) is 41.2 Å². The molecule has 5 heterocycles. The zero-order valence-electron chi connectivity index (χ0n) is 15.6. The second-order valence-electron chi connectivity index (χ2n) is 6.95. The Balaban J connectivity index is 1.38. The number of hydrogen-bond donors (Lipinski definition) is 0. The van der Waals surface area contributed by atoms with Gasteiger partial charge in [-0.25, -0.2) is 14.6 Å². The molecule has 0 radical (unpaired) electrons. The van der Waals surface area contributed by atoms with Gasteiger partial charge in [-0.3, -0.25) is 9.69 Å². The van der Waals surface area contributed by atoms with E-state index in [-0.39, 0.29) is 5.91 Å². The maximum absolute atomic E-state index is 12.8. The molecule has 28 heavy (non-hydrogen) atoms. The SMILES string of the molecule is COc1ccnc(N2Cc3nn(-c4ccc(N5CCCC5)nc4)cc3C2=O)c1. The van der Waals surface area contributed by atoms with E-state index in [1.807, 2.05) is 18.3 Å². The van der Waals surface area contributed by atoms with Crippen molar-refractivity contribution in [3.8, 4) is 11.4 Å². The summed E-state index contributed by atoms with van der Waals surface area (Å²) in [5.41, 5.74) is 2.17. The zero-order valence-corrected chi connectivity index (χ0v) is 15.6. The minimum atomic E-state index is -0.108. The molecule has 0 atom stereocenters. The van der Waals surface area contributed by atoms with Gasteiger partial charge in [-0.1, -0.05) is 0 Å². The molecule has 1 saturated heterocycles. The summed E-state index contributed by atoms with van der Waals surface area (Å²) in [4.78, 5) is 25.6. The number of carbonyl (C=O) groups excluding carboxylic acids is 1. The Hall–Kier alpha value is -3.42. The van der Waals surface area contributed by atoms with Crippen molar-refractivity contribution >= 4 is 17.5 Å². The number of carbonyl (C=O) groups is 1. The summed E-state index contributed by atoms with van der Waals surface area (Å²) in [6.45, 7) is 2.51. The van der Waals surface area contributed by atoms with Crippen LogP contribution >= 0.6 is 0 Å². The molecule has 2 aliphatic heterocycles. The Labute approximate surface area is 162 Å². The Bertz CT molecular complexity index is 1020. The molecule has 2 aliphatic rings. The van der Waals surface area contributed by atoms with Gasteiger partial charge in [0.2, 0.25) is 0 Å². The molecule has 0 bridgehead atoms. The lowest BCUT2D eigenvalue weighted by molar-refractivity contribution is 0.0995.